The van der Waals surface area contributed by atoms with Crippen LogP contribution in [0, 0.1) is 0 Å². The topological polar surface area (TPSA) is 46.3 Å². The van der Waals surface area contributed by atoms with Crippen LogP contribution in [-0.4, -0.2) is 23.9 Å². The van der Waals surface area contributed by atoms with E-state index in [-0.39, 0.29) is 5.91 Å². The number of nitrogens with two attached hydrogens (primary N) is 1. The van der Waals surface area contributed by atoms with Crippen LogP contribution >= 0.6 is 11.3 Å². The van der Waals surface area contributed by atoms with Crippen LogP contribution in [0.5, 0.6) is 0 Å². The van der Waals surface area contributed by atoms with Gasteiger partial charge in [0.15, 0.2) is 0 Å². The van der Waals surface area contributed by atoms with E-state index in [1.807, 2.05) is 16.4 Å². The fourth-order valence-electron chi connectivity index (χ4n) is 1.46. The maximum atomic E-state index is 11.9. The number of thiophene rings is 1. The zero-order valence-electron chi connectivity index (χ0n) is 7.77. The van der Waals surface area contributed by atoms with Crippen LogP contribution in [0.25, 0.3) is 0 Å². The van der Waals surface area contributed by atoms with E-state index in [4.69, 9.17) is 5.73 Å². The normalized spacial score (nSPS) is 15.9. The molecule has 0 spiro atoms. The molecule has 1 amide bonds. The molecule has 0 bridgehead atoms. The molecule has 2 N–H and O–H groups in total. The van der Waals surface area contributed by atoms with Crippen molar-refractivity contribution in [1.29, 1.82) is 0 Å². The predicted molar refractivity (Wildman–Crippen MR) is 58.4 cm³/mol. The van der Waals surface area contributed by atoms with Crippen molar-refractivity contribution in [2.24, 2.45) is 0 Å². The van der Waals surface area contributed by atoms with Gasteiger partial charge in [0.25, 0.3) is 5.91 Å². The number of nitrogens with zero attached hydrogens (tertiary/aromatic N) is 1. The van der Waals surface area contributed by atoms with Gasteiger partial charge in [-0.05, 0) is 17.9 Å². The van der Waals surface area contributed by atoms with Gasteiger partial charge in [0, 0.05) is 13.1 Å². The zero-order valence-corrected chi connectivity index (χ0v) is 8.59. The lowest BCUT2D eigenvalue weighted by Gasteiger charge is -2.22. The fourth-order valence-corrected chi connectivity index (χ4v) is 2.25. The van der Waals surface area contributed by atoms with Gasteiger partial charge in [0.2, 0.25) is 0 Å². The number of hydrogen-bond donors (Lipinski definition) is 1. The number of carbonyl (C=O) groups excluding carboxylic acids is 1. The molecule has 0 radical (unpaired) electrons. The fraction of sp³-hybridized carbons (Fsp3) is 0.300. The van der Waals surface area contributed by atoms with E-state index in [0.29, 0.717) is 17.1 Å². The Bertz CT molecular complexity index is 370. The van der Waals surface area contributed by atoms with E-state index < -0.39 is 0 Å². The average Bonchev–Trinajstić information content (AvgIpc) is 2.65. The molecule has 0 aliphatic carbocycles. The third-order valence-corrected chi connectivity index (χ3v) is 3.15. The highest BCUT2D eigenvalue weighted by Crippen LogP contribution is 2.21. The smallest absolute Gasteiger partial charge is 0.266 e. The molecule has 0 saturated heterocycles. The average molecular weight is 208 g/mol. The van der Waals surface area contributed by atoms with Gasteiger partial charge in [-0.3, -0.25) is 4.79 Å². The quantitative estimate of drug-likeness (QED) is 0.714. The largest absolute Gasteiger partial charge is 0.397 e. The summed E-state index contributed by atoms with van der Waals surface area (Å²) < 4.78 is 0. The van der Waals surface area contributed by atoms with Gasteiger partial charge in [0.05, 0.1) is 5.69 Å². The molecule has 0 atom stereocenters. The number of nitrogen functional groups attached to an aromatic ring is 1. The van der Waals surface area contributed by atoms with Crippen molar-refractivity contribution < 1.29 is 4.79 Å². The second-order valence-corrected chi connectivity index (χ2v) is 4.13. The van der Waals surface area contributed by atoms with E-state index in [2.05, 4.69) is 6.08 Å². The van der Waals surface area contributed by atoms with Gasteiger partial charge in [-0.2, -0.15) is 0 Å². The molecule has 2 rings (SSSR count). The predicted octanol–water partition coefficient (Wildman–Crippen LogP) is 1.73. The highest BCUT2D eigenvalue weighted by molar-refractivity contribution is 7.12. The summed E-state index contributed by atoms with van der Waals surface area (Å²) in [4.78, 5) is 14.4. The van der Waals surface area contributed by atoms with Gasteiger partial charge < -0.3 is 10.6 Å². The van der Waals surface area contributed by atoms with E-state index in [9.17, 15) is 4.79 Å². The third-order valence-electron chi connectivity index (χ3n) is 2.24. The van der Waals surface area contributed by atoms with E-state index in [0.717, 1.165) is 13.0 Å². The highest BCUT2D eigenvalue weighted by Gasteiger charge is 2.18. The summed E-state index contributed by atoms with van der Waals surface area (Å²) in [5.41, 5.74) is 6.29. The Kier molecular flexibility index (Phi) is 2.54. The molecule has 0 saturated carbocycles. The van der Waals surface area contributed by atoms with Crippen molar-refractivity contribution in [3.8, 4) is 0 Å². The van der Waals surface area contributed by atoms with Gasteiger partial charge in [-0.15, -0.1) is 11.3 Å². The minimum Gasteiger partial charge on any atom is -0.397 e. The highest BCUT2D eigenvalue weighted by atomic mass is 32.1. The Labute approximate surface area is 86.8 Å². The summed E-state index contributed by atoms with van der Waals surface area (Å²) in [7, 11) is 0. The van der Waals surface area contributed by atoms with Crippen LogP contribution in [0.4, 0.5) is 5.69 Å². The van der Waals surface area contributed by atoms with Crippen LogP contribution in [0.2, 0.25) is 0 Å². The number of amides is 1. The SMILES string of the molecule is Nc1ccsc1C(=O)N1CC=CCC1. The molecule has 0 unspecified atom stereocenters. The molecule has 1 aliphatic heterocycles. The lowest BCUT2D eigenvalue weighted by atomic mass is 10.2. The zero-order chi connectivity index (χ0) is 9.97. The summed E-state index contributed by atoms with van der Waals surface area (Å²) in [6.07, 6.45) is 5.06. The first-order valence-corrected chi connectivity index (χ1v) is 5.44. The molecule has 74 valence electrons. The number of anilines is 1. The molecule has 1 aromatic heterocycles. The molecule has 1 aliphatic rings. The van der Waals surface area contributed by atoms with Crippen molar-refractivity contribution in [2.45, 2.75) is 6.42 Å². The Morgan fingerprint density at radius 1 is 1.50 bits per heavy atom. The summed E-state index contributed by atoms with van der Waals surface area (Å²) in [5.74, 6) is 0.0573. The van der Waals surface area contributed by atoms with Crippen molar-refractivity contribution in [2.75, 3.05) is 18.8 Å². The molecular formula is C10H12N2OS. The first kappa shape index (κ1) is 9.27. The van der Waals surface area contributed by atoms with Crippen molar-refractivity contribution in [3.05, 3.63) is 28.5 Å². The maximum absolute atomic E-state index is 11.9. The molecule has 2 heterocycles. The standard InChI is InChI=1S/C10H12N2OS/c11-8-4-7-14-9(8)10(13)12-5-2-1-3-6-12/h1-2,4,7H,3,5-6,11H2. The van der Waals surface area contributed by atoms with E-state index in [1.54, 1.807) is 6.07 Å². The van der Waals surface area contributed by atoms with Crippen molar-refractivity contribution in [1.82, 2.24) is 4.90 Å². The molecular weight excluding hydrogens is 196 g/mol. The number of carbonyl (C=O) groups is 1. The summed E-state index contributed by atoms with van der Waals surface area (Å²) >= 11 is 1.41. The first-order chi connectivity index (χ1) is 6.79. The molecule has 0 fully saturated rings. The van der Waals surface area contributed by atoms with E-state index in [1.165, 1.54) is 11.3 Å². The van der Waals surface area contributed by atoms with Gasteiger partial charge in [0.1, 0.15) is 4.88 Å². The van der Waals surface area contributed by atoms with Gasteiger partial charge in [-0.1, -0.05) is 12.2 Å². The lowest BCUT2D eigenvalue weighted by Crippen LogP contribution is -2.33. The molecule has 3 nitrogen and oxygen atoms in total. The summed E-state index contributed by atoms with van der Waals surface area (Å²) in [6.45, 7) is 1.50. The Morgan fingerprint density at radius 2 is 2.36 bits per heavy atom. The van der Waals surface area contributed by atoms with Gasteiger partial charge in [-0.25, -0.2) is 0 Å². The van der Waals surface area contributed by atoms with Crippen molar-refractivity contribution >= 4 is 22.9 Å². The minimum atomic E-state index is 0.0573. The lowest BCUT2D eigenvalue weighted by molar-refractivity contribution is 0.0777. The van der Waals surface area contributed by atoms with Crippen LogP contribution in [-0.2, 0) is 0 Å². The summed E-state index contributed by atoms with van der Waals surface area (Å²) in [6, 6.07) is 1.78. The molecule has 4 heteroatoms. The van der Waals surface area contributed by atoms with Crippen LogP contribution < -0.4 is 5.73 Å². The minimum absolute atomic E-state index is 0.0573. The molecule has 1 aromatic rings. The maximum Gasteiger partial charge on any atom is 0.266 e. The first-order valence-electron chi connectivity index (χ1n) is 4.56. The summed E-state index contributed by atoms with van der Waals surface area (Å²) in [5, 5.41) is 1.85. The van der Waals surface area contributed by atoms with E-state index >= 15 is 0 Å². The monoisotopic (exact) mass is 208 g/mol. The van der Waals surface area contributed by atoms with Gasteiger partial charge >= 0.3 is 0 Å². The Balaban J connectivity index is 2.16. The second-order valence-electron chi connectivity index (χ2n) is 3.22. The number of rotatable bonds is 1. The number of hydrogen-bond acceptors (Lipinski definition) is 3. The van der Waals surface area contributed by atoms with Crippen molar-refractivity contribution in [3.63, 3.8) is 0 Å². The Morgan fingerprint density at radius 3 is 2.93 bits per heavy atom. The van der Waals surface area contributed by atoms with Crippen LogP contribution in [0.3, 0.4) is 0 Å². The molecule has 14 heavy (non-hydrogen) atoms. The molecule has 0 aromatic carbocycles. The van der Waals surface area contributed by atoms with Crippen LogP contribution in [0.15, 0.2) is 23.6 Å². The second kappa shape index (κ2) is 3.84. The third kappa shape index (κ3) is 1.65. The Hall–Kier alpha value is -1.29. The van der Waals surface area contributed by atoms with Crippen LogP contribution in [0.1, 0.15) is 16.1 Å².